The molecule has 7 nitrogen and oxygen atoms in total. The summed E-state index contributed by atoms with van der Waals surface area (Å²) in [5.74, 6) is 0. The van der Waals surface area contributed by atoms with Crippen LogP contribution in [0.3, 0.4) is 0 Å². The molecule has 2 atom stereocenters. The Bertz CT molecular complexity index is 1690. The number of benzene rings is 2. The molecule has 0 aliphatic carbocycles. The van der Waals surface area contributed by atoms with E-state index >= 15 is 0 Å². The van der Waals surface area contributed by atoms with Gasteiger partial charge in [0, 0.05) is 39.5 Å². The number of hydrogen-bond acceptors (Lipinski definition) is 4. The van der Waals surface area contributed by atoms with Crippen molar-refractivity contribution in [2.45, 2.75) is 39.8 Å². The number of nitrogens with one attached hydrogen (secondary N) is 2. The van der Waals surface area contributed by atoms with Crippen LogP contribution in [0, 0.1) is 27.7 Å². The van der Waals surface area contributed by atoms with Crippen molar-refractivity contribution in [3.63, 3.8) is 0 Å². The first-order chi connectivity index (χ1) is 18.5. The van der Waals surface area contributed by atoms with Gasteiger partial charge in [0.15, 0.2) is 5.11 Å². The number of halogens is 1. The lowest BCUT2D eigenvalue weighted by Gasteiger charge is -2.29. The Hall–Kier alpha value is -3.40. The van der Waals surface area contributed by atoms with Gasteiger partial charge in [0.05, 0.1) is 29.7 Å². The quantitative estimate of drug-likeness (QED) is 0.261. The highest BCUT2D eigenvalue weighted by Crippen LogP contribution is 2.46. The minimum absolute atomic E-state index is 0.208. The van der Waals surface area contributed by atoms with Crippen LogP contribution in [0.1, 0.15) is 45.9 Å². The van der Waals surface area contributed by atoms with Crippen molar-refractivity contribution >= 4 is 50.3 Å². The number of anilines is 2. The highest BCUT2D eigenvalue weighted by Gasteiger charge is 2.43. The first-order valence-corrected chi connectivity index (χ1v) is 15.2. The van der Waals surface area contributed by atoms with E-state index in [1.54, 1.807) is 12.3 Å². The summed E-state index contributed by atoms with van der Waals surface area (Å²) in [5.41, 5.74) is 8.56. The van der Waals surface area contributed by atoms with Gasteiger partial charge >= 0.3 is 0 Å². The molecule has 0 bridgehead atoms. The van der Waals surface area contributed by atoms with Crippen LogP contribution in [0.25, 0.3) is 5.69 Å². The van der Waals surface area contributed by atoms with Crippen LogP contribution in [0.2, 0.25) is 5.02 Å². The number of nitrogens with zero attached hydrogens (tertiary/aromatic N) is 3. The molecule has 1 aliphatic heterocycles. The molecule has 1 saturated heterocycles. The number of aryl methyl sites for hydroxylation is 1. The molecule has 0 spiro atoms. The smallest absolute Gasteiger partial charge is 0.229 e. The van der Waals surface area contributed by atoms with E-state index < -0.39 is 10.0 Å². The maximum Gasteiger partial charge on any atom is 0.229 e. The van der Waals surface area contributed by atoms with Gasteiger partial charge in [-0.3, -0.25) is 9.71 Å². The molecule has 1 aliphatic rings. The number of pyridine rings is 1. The average molecular weight is 580 g/mol. The van der Waals surface area contributed by atoms with Gasteiger partial charge in [-0.1, -0.05) is 23.7 Å². The molecule has 0 unspecified atom stereocenters. The normalized spacial score (nSPS) is 17.4. The third-order valence-electron chi connectivity index (χ3n) is 7.25. The summed E-state index contributed by atoms with van der Waals surface area (Å²) in [6, 6.07) is 18.9. The SMILES string of the molecule is Cc1cc(N2C(=S)N[C@@H](c3ccccn3)[C@H]2c2c(C)c(C)n(-c3cccc(Cl)c3)c2C)ccc1NS(C)(=O)=O. The summed E-state index contributed by atoms with van der Waals surface area (Å²) in [4.78, 5) is 6.79. The first-order valence-electron chi connectivity index (χ1n) is 12.5. The maximum atomic E-state index is 11.9. The molecule has 2 aromatic heterocycles. The van der Waals surface area contributed by atoms with E-state index in [9.17, 15) is 8.42 Å². The van der Waals surface area contributed by atoms with Crippen molar-refractivity contribution in [2.75, 3.05) is 15.9 Å². The van der Waals surface area contributed by atoms with Crippen LogP contribution in [-0.2, 0) is 10.0 Å². The first kappa shape index (κ1) is 27.2. The predicted molar refractivity (Wildman–Crippen MR) is 163 cm³/mol. The minimum Gasteiger partial charge on any atom is -0.351 e. The zero-order chi connectivity index (χ0) is 28.1. The fourth-order valence-electron chi connectivity index (χ4n) is 5.48. The number of hydrogen-bond donors (Lipinski definition) is 2. The zero-order valence-electron chi connectivity index (χ0n) is 22.4. The number of thiocarbonyl (C=S) groups is 1. The molecule has 5 rings (SSSR count). The second-order valence-corrected chi connectivity index (χ2v) is 12.5. The van der Waals surface area contributed by atoms with Crippen LogP contribution < -0.4 is 14.9 Å². The van der Waals surface area contributed by atoms with Crippen LogP contribution in [0.4, 0.5) is 11.4 Å². The van der Waals surface area contributed by atoms with Gasteiger partial charge in [0.25, 0.3) is 0 Å². The third-order valence-corrected chi connectivity index (χ3v) is 8.39. The Kier molecular flexibility index (Phi) is 7.17. The van der Waals surface area contributed by atoms with E-state index in [2.05, 4.69) is 51.3 Å². The van der Waals surface area contributed by atoms with E-state index in [1.807, 2.05) is 55.5 Å². The van der Waals surface area contributed by atoms with Gasteiger partial charge in [-0.05, 0) is 99.6 Å². The topological polar surface area (TPSA) is 79.3 Å². The Morgan fingerprint density at radius 3 is 2.38 bits per heavy atom. The van der Waals surface area contributed by atoms with Crippen molar-refractivity contribution in [3.05, 3.63) is 106 Å². The van der Waals surface area contributed by atoms with E-state index in [0.717, 1.165) is 51.4 Å². The Balaban J connectivity index is 1.69. The fourth-order valence-corrected chi connectivity index (χ4v) is 6.64. The maximum absolute atomic E-state index is 11.9. The van der Waals surface area contributed by atoms with E-state index in [4.69, 9.17) is 23.8 Å². The van der Waals surface area contributed by atoms with Gasteiger partial charge < -0.3 is 14.8 Å². The van der Waals surface area contributed by atoms with Crippen LogP contribution in [-0.4, -0.2) is 29.3 Å². The Morgan fingerprint density at radius 2 is 1.74 bits per heavy atom. The molecule has 3 heterocycles. The lowest BCUT2D eigenvalue weighted by Crippen LogP contribution is -2.30. The average Bonchev–Trinajstić information content (AvgIpc) is 3.32. The van der Waals surface area contributed by atoms with Crippen LogP contribution >= 0.6 is 23.8 Å². The highest BCUT2D eigenvalue weighted by molar-refractivity contribution is 7.92. The summed E-state index contributed by atoms with van der Waals surface area (Å²) >= 11 is 12.3. The van der Waals surface area contributed by atoms with Crippen molar-refractivity contribution in [1.82, 2.24) is 14.9 Å². The summed E-state index contributed by atoms with van der Waals surface area (Å²) < 4.78 is 28.5. The van der Waals surface area contributed by atoms with Gasteiger partial charge in [0.1, 0.15) is 0 Å². The van der Waals surface area contributed by atoms with Crippen molar-refractivity contribution in [3.8, 4) is 5.69 Å². The molecule has 2 N–H and O–H groups in total. The molecule has 10 heteroatoms. The predicted octanol–water partition coefficient (Wildman–Crippen LogP) is 6.31. The number of rotatable bonds is 6. The van der Waals surface area contributed by atoms with Crippen LogP contribution in [0.15, 0.2) is 66.9 Å². The summed E-state index contributed by atoms with van der Waals surface area (Å²) in [7, 11) is -3.41. The number of aromatic nitrogens is 2. The fraction of sp³-hybridized carbons (Fsp3) is 0.241. The molecular weight excluding hydrogens is 550 g/mol. The van der Waals surface area contributed by atoms with Gasteiger partial charge in [-0.25, -0.2) is 8.42 Å². The number of sulfonamides is 1. The monoisotopic (exact) mass is 579 g/mol. The van der Waals surface area contributed by atoms with E-state index in [0.29, 0.717) is 15.8 Å². The van der Waals surface area contributed by atoms with Crippen molar-refractivity contribution in [2.24, 2.45) is 0 Å². The largest absolute Gasteiger partial charge is 0.351 e. The van der Waals surface area contributed by atoms with Crippen molar-refractivity contribution < 1.29 is 8.42 Å². The van der Waals surface area contributed by atoms with Crippen molar-refractivity contribution in [1.29, 1.82) is 0 Å². The van der Waals surface area contributed by atoms with E-state index in [-0.39, 0.29) is 12.1 Å². The molecular formula is C29H30ClN5O2S2. The Morgan fingerprint density at radius 1 is 0.974 bits per heavy atom. The summed E-state index contributed by atoms with van der Waals surface area (Å²) in [5, 5.41) is 4.77. The lowest BCUT2D eigenvalue weighted by atomic mass is 9.93. The second-order valence-electron chi connectivity index (χ2n) is 9.89. The minimum atomic E-state index is -3.41. The van der Waals surface area contributed by atoms with Gasteiger partial charge in [-0.15, -0.1) is 0 Å². The second kappa shape index (κ2) is 10.3. The zero-order valence-corrected chi connectivity index (χ0v) is 24.7. The molecule has 2 aromatic carbocycles. The Labute approximate surface area is 239 Å². The molecule has 0 saturated carbocycles. The van der Waals surface area contributed by atoms with E-state index in [1.165, 1.54) is 0 Å². The highest BCUT2D eigenvalue weighted by atomic mass is 35.5. The van der Waals surface area contributed by atoms with Gasteiger partial charge in [-0.2, -0.15) is 0 Å². The standard InChI is InChI=1S/C29H30ClN5O2S2/c1-17-15-23(12-13-24(17)33-39(5,36)37)35-28(27(32-29(35)38)25-11-6-7-14-31-25)26-18(2)19(3)34(20(26)4)22-10-8-9-21(30)16-22/h6-16,27-28,33H,1-5H3,(H,32,38)/t27-,28+/m0/s1. The molecule has 39 heavy (non-hydrogen) atoms. The lowest BCUT2D eigenvalue weighted by molar-refractivity contribution is 0.563. The molecule has 0 amide bonds. The summed E-state index contributed by atoms with van der Waals surface area (Å²) in [6.07, 6.45) is 2.93. The van der Waals surface area contributed by atoms with Crippen LogP contribution in [0.5, 0.6) is 0 Å². The molecule has 202 valence electrons. The molecule has 0 radical (unpaired) electrons. The molecule has 1 fully saturated rings. The van der Waals surface area contributed by atoms with Gasteiger partial charge in [0.2, 0.25) is 10.0 Å². The molecule has 4 aromatic rings. The summed E-state index contributed by atoms with van der Waals surface area (Å²) in [6.45, 7) is 8.25. The third kappa shape index (κ3) is 5.14.